The second kappa shape index (κ2) is 11.2. The van der Waals surface area contributed by atoms with Gasteiger partial charge in [-0.1, -0.05) is 39.0 Å². The Morgan fingerprint density at radius 1 is 0.951 bits per heavy atom. The van der Waals surface area contributed by atoms with E-state index in [1.54, 1.807) is 42.5 Å². The van der Waals surface area contributed by atoms with Crippen molar-refractivity contribution < 1.29 is 42.1 Å². The Labute approximate surface area is 235 Å². The van der Waals surface area contributed by atoms with Gasteiger partial charge in [0.2, 0.25) is 0 Å². The smallest absolute Gasteiger partial charge is 0.507 e. The van der Waals surface area contributed by atoms with Gasteiger partial charge in [-0.2, -0.15) is 0 Å². The fraction of sp³-hybridized carbons (Fsp3) is 0.290. The minimum absolute atomic E-state index is 0.0178. The lowest BCUT2D eigenvalue weighted by Gasteiger charge is -2.26. The van der Waals surface area contributed by atoms with Crippen molar-refractivity contribution in [2.75, 3.05) is 18.6 Å². The van der Waals surface area contributed by atoms with Crippen molar-refractivity contribution in [3.8, 4) is 17.2 Å². The average Bonchev–Trinajstić information content (AvgIpc) is 3.17. The van der Waals surface area contributed by atoms with Gasteiger partial charge in [0.1, 0.15) is 23.0 Å². The molecule has 1 aliphatic rings. The van der Waals surface area contributed by atoms with Crippen LogP contribution in [-0.4, -0.2) is 36.9 Å². The molecule has 1 amide bonds. The van der Waals surface area contributed by atoms with E-state index in [1.807, 2.05) is 27.7 Å². The van der Waals surface area contributed by atoms with Gasteiger partial charge in [0.05, 0.1) is 25.3 Å². The Morgan fingerprint density at radius 2 is 1.63 bits per heavy atom. The van der Waals surface area contributed by atoms with E-state index in [2.05, 4.69) is 4.74 Å². The highest BCUT2D eigenvalue weighted by Gasteiger charge is 2.47. The highest BCUT2D eigenvalue weighted by molar-refractivity contribution is 6.51. The van der Waals surface area contributed by atoms with E-state index in [0.29, 0.717) is 23.7 Å². The summed E-state index contributed by atoms with van der Waals surface area (Å²) in [6.07, 6.45) is -4.96. The van der Waals surface area contributed by atoms with Crippen molar-refractivity contribution in [1.82, 2.24) is 0 Å². The Bertz CT molecular complexity index is 1490. The predicted octanol–water partition coefficient (Wildman–Crippen LogP) is 6.92. The summed E-state index contributed by atoms with van der Waals surface area (Å²) in [5.41, 5.74) is 0.860. The van der Waals surface area contributed by atoms with Gasteiger partial charge in [0.15, 0.2) is 0 Å². The summed E-state index contributed by atoms with van der Waals surface area (Å²) in [5.74, 6) is -1.87. The minimum atomic E-state index is -4.96. The molecule has 0 aromatic heterocycles. The standard InChI is InChI=1S/C31H30F3NO6/c1-6-40-24-15-12-19(16-23(24)30(2,3)4)27(36)25-26(18-10-13-21(39-5)14-11-18)35(29(38)28(25)37)20-8-7-9-22(17-20)41-31(32,33)34/h7-17,26,36H,6H2,1-5H3/b27-25-. The van der Waals surface area contributed by atoms with Crippen LogP contribution in [-0.2, 0) is 15.0 Å². The van der Waals surface area contributed by atoms with E-state index in [-0.39, 0.29) is 22.2 Å². The molecule has 0 saturated carbocycles. The maximum absolute atomic E-state index is 13.5. The fourth-order valence-electron chi connectivity index (χ4n) is 4.73. The normalized spacial score (nSPS) is 17.1. The molecule has 1 fully saturated rings. The van der Waals surface area contributed by atoms with E-state index in [9.17, 15) is 27.9 Å². The number of alkyl halides is 3. The number of carbonyl (C=O) groups is 2. The summed E-state index contributed by atoms with van der Waals surface area (Å²) in [6.45, 7) is 8.20. The number of amides is 1. The number of benzene rings is 3. The van der Waals surface area contributed by atoms with Crippen LogP contribution < -0.4 is 19.1 Å². The molecule has 10 heteroatoms. The molecule has 3 aromatic rings. The van der Waals surface area contributed by atoms with Crippen LogP contribution in [0.4, 0.5) is 18.9 Å². The SMILES string of the molecule is CCOc1ccc(/C(O)=C2/C(=O)C(=O)N(c3cccc(OC(F)(F)F)c3)C2c2ccc(OC)cc2)cc1C(C)(C)C. The molecule has 3 aromatic carbocycles. The first-order valence-corrected chi connectivity index (χ1v) is 12.8. The zero-order valence-corrected chi connectivity index (χ0v) is 23.2. The van der Waals surface area contributed by atoms with Gasteiger partial charge in [0.25, 0.3) is 11.7 Å². The number of halogens is 3. The van der Waals surface area contributed by atoms with Crippen LogP contribution in [0.1, 0.15) is 50.4 Å². The van der Waals surface area contributed by atoms with Crippen molar-refractivity contribution in [3.05, 3.63) is 89.0 Å². The van der Waals surface area contributed by atoms with E-state index in [4.69, 9.17) is 9.47 Å². The van der Waals surface area contributed by atoms with Gasteiger partial charge >= 0.3 is 6.36 Å². The average molecular weight is 570 g/mol. The number of aliphatic hydroxyl groups excluding tert-OH is 1. The molecule has 0 bridgehead atoms. The zero-order valence-electron chi connectivity index (χ0n) is 23.2. The van der Waals surface area contributed by atoms with Crippen molar-refractivity contribution in [2.45, 2.75) is 45.5 Å². The van der Waals surface area contributed by atoms with Gasteiger partial charge in [-0.05, 0) is 60.4 Å². The van der Waals surface area contributed by atoms with Crippen LogP contribution >= 0.6 is 0 Å². The molecular weight excluding hydrogens is 539 g/mol. The van der Waals surface area contributed by atoms with Crippen LogP contribution in [0, 0.1) is 0 Å². The molecule has 216 valence electrons. The van der Waals surface area contributed by atoms with Crippen LogP contribution in [0.2, 0.25) is 0 Å². The minimum Gasteiger partial charge on any atom is -0.507 e. The quantitative estimate of drug-likeness (QED) is 0.189. The lowest BCUT2D eigenvalue weighted by molar-refractivity contribution is -0.274. The third kappa shape index (κ3) is 6.16. The zero-order chi connectivity index (χ0) is 30.1. The summed E-state index contributed by atoms with van der Waals surface area (Å²) < 4.78 is 53.8. The second-order valence-electron chi connectivity index (χ2n) is 10.4. The number of anilines is 1. The molecule has 0 aliphatic carbocycles. The highest BCUT2D eigenvalue weighted by atomic mass is 19.4. The number of ketones is 1. The van der Waals surface area contributed by atoms with Crippen molar-refractivity contribution in [3.63, 3.8) is 0 Å². The molecule has 0 radical (unpaired) electrons. The molecule has 0 spiro atoms. The molecule has 41 heavy (non-hydrogen) atoms. The number of carbonyl (C=O) groups excluding carboxylic acids is 2. The summed E-state index contributed by atoms with van der Waals surface area (Å²) >= 11 is 0. The van der Waals surface area contributed by atoms with Crippen LogP contribution in [0.5, 0.6) is 17.2 Å². The molecule has 1 heterocycles. The molecule has 4 rings (SSSR count). The third-order valence-electron chi connectivity index (χ3n) is 6.57. The summed E-state index contributed by atoms with van der Waals surface area (Å²) in [5, 5.41) is 11.6. The van der Waals surface area contributed by atoms with Gasteiger partial charge in [-0.15, -0.1) is 13.2 Å². The molecule has 7 nitrogen and oxygen atoms in total. The maximum Gasteiger partial charge on any atom is 0.573 e. The topological polar surface area (TPSA) is 85.3 Å². The van der Waals surface area contributed by atoms with E-state index < -0.39 is 35.6 Å². The molecule has 1 unspecified atom stereocenters. The second-order valence-corrected chi connectivity index (χ2v) is 10.4. The predicted molar refractivity (Wildman–Crippen MR) is 147 cm³/mol. The fourth-order valence-corrected chi connectivity index (χ4v) is 4.73. The third-order valence-corrected chi connectivity index (χ3v) is 6.57. The lowest BCUT2D eigenvalue weighted by Crippen LogP contribution is -2.29. The molecule has 1 N–H and O–H groups in total. The maximum atomic E-state index is 13.5. The Kier molecular flexibility index (Phi) is 8.05. The van der Waals surface area contributed by atoms with E-state index >= 15 is 0 Å². The number of Topliss-reactive ketones (excluding diaryl/α,β-unsaturated/α-hetero) is 1. The van der Waals surface area contributed by atoms with Crippen LogP contribution in [0.15, 0.2) is 72.3 Å². The van der Waals surface area contributed by atoms with Crippen molar-refractivity contribution >= 4 is 23.1 Å². The molecule has 1 saturated heterocycles. The van der Waals surface area contributed by atoms with Crippen molar-refractivity contribution in [2.24, 2.45) is 0 Å². The number of hydrogen-bond acceptors (Lipinski definition) is 6. The first-order chi connectivity index (χ1) is 19.2. The van der Waals surface area contributed by atoms with Crippen LogP contribution in [0.25, 0.3) is 5.76 Å². The Hall–Kier alpha value is -4.47. The van der Waals surface area contributed by atoms with Crippen LogP contribution in [0.3, 0.4) is 0 Å². The number of aliphatic hydroxyl groups is 1. The monoisotopic (exact) mass is 569 g/mol. The largest absolute Gasteiger partial charge is 0.573 e. The van der Waals surface area contributed by atoms with Gasteiger partial charge in [0, 0.05) is 22.9 Å². The van der Waals surface area contributed by atoms with Crippen molar-refractivity contribution in [1.29, 1.82) is 0 Å². The van der Waals surface area contributed by atoms with Gasteiger partial charge in [-0.3, -0.25) is 14.5 Å². The molecule has 1 aliphatic heterocycles. The lowest BCUT2D eigenvalue weighted by atomic mass is 9.84. The summed E-state index contributed by atoms with van der Waals surface area (Å²) in [6, 6.07) is 15.1. The number of hydrogen-bond donors (Lipinski definition) is 1. The Morgan fingerprint density at radius 3 is 2.22 bits per heavy atom. The highest BCUT2D eigenvalue weighted by Crippen LogP contribution is 2.44. The number of ether oxygens (including phenoxy) is 3. The van der Waals surface area contributed by atoms with Gasteiger partial charge in [-0.25, -0.2) is 0 Å². The van der Waals surface area contributed by atoms with E-state index in [1.165, 1.54) is 19.2 Å². The summed E-state index contributed by atoms with van der Waals surface area (Å²) in [4.78, 5) is 28.0. The number of nitrogens with zero attached hydrogens (tertiary/aromatic N) is 1. The first-order valence-electron chi connectivity index (χ1n) is 12.8. The number of rotatable bonds is 7. The first kappa shape index (κ1) is 29.5. The molecular formula is C31H30F3NO6. The summed E-state index contributed by atoms with van der Waals surface area (Å²) in [7, 11) is 1.48. The Balaban J connectivity index is 1.93. The number of methoxy groups -OCH3 is 1. The molecule has 1 atom stereocenters. The van der Waals surface area contributed by atoms with Gasteiger partial charge < -0.3 is 19.3 Å². The van der Waals surface area contributed by atoms with E-state index in [0.717, 1.165) is 22.6 Å².